The molecule has 2 nitrogen and oxygen atoms in total. The summed E-state index contributed by atoms with van der Waals surface area (Å²) in [6.45, 7) is 0. The van der Waals surface area contributed by atoms with Crippen LogP contribution in [-0.4, -0.2) is 18.0 Å². The first-order chi connectivity index (χ1) is 2.89. The zero-order valence-electron chi connectivity index (χ0n) is 5.84. The van der Waals surface area contributed by atoms with E-state index in [0.29, 0.717) is 0 Å². The molecule has 11 heavy (non-hydrogen) atoms. The third-order valence-electron chi connectivity index (χ3n) is 0.637. The molecule has 0 aromatic carbocycles. The van der Waals surface area contributed by atoms with Crippen molar-refractivity contribution in [1.82, 2.24) is 9.55 Å². The third kappa shape index (κ3) is 12.2. The number of halogens is 4. The first kappa shape index (κ1) is 32.4. The van der Waals surface area contributed by atoms with Crippen molar-refractivity contribution < 1.29 is 18.8 Å². The molecule has 1 heterocycles. The summed E-state index contributed by atoms with van der Waals surface area (Å²) in [5.74, 6) is 0. The van der Waals surface area contributed by atoms with E-state index >= 15 is 0 Å². The lowest BCUT2D eigenvalue weighted by atomic mass is 10.8. The Balaban J connectivity index is -0.0000000240. The summed E-state index contributed by atoms with van der Waals surface area (Å²) >= 11 is 0. The first-order valence-electron chi connectivity index (χ1n) is 1.81. The largest absolute Gasteiger partial charge is 0.341 e. The van der Waals surface area contributed by atoms with Gasteiger partial charge in [0.15, 0.2) is 0 Å². The van der Waals surface area contributed by atoms with Crippen molar-refractivity contribution >= 4 is 8.41 Å². The van der Waals surface area contributed by atoms with Crippen LogP contribution < -0.4 is 0 Å². The first-order valence-corrected chi connectivity index (χ1v) is 1.81. The van der Waals surface area contributed by atoms with Gasteiger partial charge in [-0.15, -0.1) is 0 Å². The molecule has 67 valence electrons. The zero-order valence-corrected chi connectivity index (χ0v) is 5.84. The molecule has 7 heteroatoms. The zero-order chi connectivity index (χ0) is 4.41. The van der Waals surface area contributed by atoms with Crippen LogP contribution in [-0.2, 0) is 7.05 Å². The molecule has 0 bridgehead atoms. The lowest BCUT2D eigenvalue weighted by molar-refractivity contribution is 0.913. The maximum absolute atomic E-state index is 3.78. The van der Waals surface area contributed by atoms with Gasteiger partial charge in [0, 0.05) is 27.9 Å². The predicted molar refractivity (Wildman–Crippen MR) is 39.0 cm³/mol. The molecule has 0 amide bonds. The van der Waals surface area contributed by atoms with Crippen molar-refractivity contribution in [3.63, 3.8) is 0 Å². The summed E-state index contributed by atoms with van der Waals surface area (Å²) in [6.07, 6.45) is 5.39. The molecule has 0 aliphatic heterocycles. The average Bonchev–Trinajstić information content (AvgIpc) is 1.86. The van der Waals surface area contributed by atoms with Gasteiger partial charge >= 0.3 is 0 Å². The van der Waals surface area contributed by atoms with Crippen LogP contribution in [0.25, 0.3) is 0 Å². The number of imidazole rings is 1. The molecule has 0 fully saturated rings. The molecule has 0 N–H and O–H groups in total. The van der Waals surface area contributed by atoms with Crippen LogP contribution in [0, 0.1) is 0 Å². The molecule has 0 unspecified atom stereocenters. The van der Waals surface area contributed by atoms with Crippen LogP contribution >= 0.6 is 0 Å². The summed E-state index contributed by atoms with van der Waals surface area (Å²) in [6, 6.07) is 0. The molecule has 0 atom stereocenters. The van der Waals surface area contributed by atoms with Crippen LogP contribution in [0.3, 0.4) is 0 Å². The third-order valence-corrected chi connectivity index (χ3v) is 0.637. The van der Waals surface area contributed by atoms with Gasteiger partial charge in [-0.2, -0.15) is 0 Å². The maximum atomic E-state index is 3.78. The summed E-state index contributed by atoms with van der Waals surface area (Å²) in [5, 5.41) is 0. The molecule has 1 aromatic rings. The molecule has 0 saturated heterocycles. The van der Waals surface area contributed by atoms with E-state index in [-0.39, 0.29) is 27.2 Å². The topological polar surface area (TPSA) is 17.8 Å². The highest BCUT2D eigenvalue weighted by atomic mass is 19.0. The molecule has 0 saturated carbocycles. The van der Waals surface area contributed by atoms with Gasteiger partial charge in [-0.1, -0.05) is 0 Å². The summed E-state index contributed by atoms with van der Waals surface area (Å²) in [5.41, 5.74) is 0. The second kappa shape index (κ2) is 16.0. The Morgan fingerprint density at radius 3 is 1.64 bits per heavy atom. The van der Waals surface area contributed by atoms with Gasteiger partial charge in [-0.25, -0.2) is 4.98 Å². The van der Waals surface area contributed by atoms with Gasteiger partial charge < -0.3 is 4.57 Å². The Labute approximate surface area is 63.7 Å². The van der Waals surface area contributed by atoms with Crippen molar-refractivity contribution in [2.24, 2.45) is 7.05 Å². The van der Waals surface area contributed by atoms with Gasteiger partial charge in [0.05, 0.1) is 6.33 Å². The van der Waals surface area contributed by atoms with Gasteiger partial charge in [0.2, 0.25) is 0 Å². The minimum atomic E-state index is 0. The lowest BCUT2D eigenvalue weighted by Gasteiger charge is -1.76. The highest BCUT2D eigenvalue weighted by Crippen LogP contribution is 1.73. The highest BCUT2D eigenvalue weighted by molar-refractivity contribution is 5.75. The second-order valence-corrected chi connectivity index (χ2v) is 1.23. The Morgan fingerprint density at radius 2 is 1.55 bits per heavy atom. The second-order valence-electron chi connectivity index (χ2n) is 1.23. The fourth-order valence-electron chi connectivity index (χ4n) is 0.326. The standard InChI is InChI=1S/C4H6N2.B.4FH/c1-6-3-2-5-4-6;;;;;/h2-4H,1H3;;4*1H. The lowest BCUT2D eigenvalue weighted by Crippen LogP contribution is -1.76. The fraction of sp³-hybridized carbons (Fsp3) is 0.250. The number of aromatic nitrogens is 2. The van der Waals surface area contributed by atoms with Gasteiger partial charge in [0.25, 0.3) is 0 Å². The fourth-order valence-corrected chi connectivity index (χ4v) is 0.326. The minimum absolute atomic E-state index is 0. The van der Waals surface area contributed by atoms with E-state index in [0.717, 1.165) is 0 Å². The van der Waals surface area contributed by atoms with E-state index in [9.17, 15) is 0 Å². The molecule has 0 spiro atoms. The molecule has 3 radical (unpaired) electrons. The number of hydrogen-bond acceptors (Lipinski definition) is 1. The van der Waals surface area contributed by atoms with Crippen LogP contribution in [0.5, 0.6) is 0 Å². The van der Waals surface area contributed by atoms with Crippen molar-refractivity contribution in [3.8, 4) is 0 Å². The Kier molecular flexibility index (Phi) is 47.1. The molecule has 1 rings (SSSR count). The van der Waals surface area contributed by atoms with E-state index < -0.39 is 0 Å². The quantitative estimate of drug-likeness (QED) is 0.416. The van der Waals surface area contributed by atoms with E-state index in [1.807, 2.05) is 17.8 Å². The average molecular weight is 173 g/mol. The Bertz CT molecular complexity index is 124. The summed E-state index contributed by atoms with van der Waals surface area (Å²) in [7, 11) is 1.94. The van der Waals surface area contributed by atoms with Gasteiger partial charge in [0.1, 0.15) is 0 Å². The van der Waals surface area contributed by atoms with Crippen LogP contribution in [0.1, 0.15) is 0 Å². The van der Waals surface area contributed by atoms with Crippen LogP contribution in [0.4, 0.5) is 18.8 Å². The van der Waals surface area contributed by atoms with Crippen molar-refractivity contribution in [3.05, 3.63) is 18.7 Å². The monoisotopic (exact) mass is 173 g/mol. The Morgan fingerprint density at radius 1 is 1.09 bits per heavy atom. The van der Waals surface area contributed by atoms with E-state index in [1.54, 1.807) is 12.5 Å². The SMILES string of the molecule is Cn1ccnc1.F.F.F.F.[B]. The molecule has 0 aliphatic carbocycles. The molecular formula is C4H10BF4N2. The summed E-state index contributed by atoms with van der Waals surface area (Å²) in [4.78, 5) is 3.78. The van der Waals surface area contributed by atoms with Gasteiger partial charge in [-0.05, 0) is 0 Å². The van der Waals surface area contributed by atoms with E-state index in [2.05, 4.69) is 4.98 Å². The molecule has 0 aliphatic rings. The van der Waals surface area contributed by atoms with Crippen LogP contribution in [0.2, 0.25) is 0 Å². The number of rotatable bonds is 0. The van der Waals surface area contributed by atoms with Crippen molar-refractivity contribution in [1.29, 1.82) is 0 Å². The predicted octanol–water partition coefficient (Wildman–Crippen LogP) is 0.649. The smallest absolute Gasteiger partial charge is 0.0943 e. The number of hydrogen-bond donors (Lipinski definition) is 0. The highest BCUT2D eigenvalue weighted by Gasteiger charge is 1.69. The van der Waals surface area contributed by atoms with Crippen LogP contribution in [0.15, 0.2) is 18.7 Å². The number of nitrogens with zero attached hydrogens (tertiary/aromatic N) is 2. The van der Waals surface area contributed by atoms with E-state index in [4.69, 9.17) is 0 Å². The normalized spacial score (nSPS) is 4.82. The van der Waals surface area contributed by atoms with Crippen molar-refractivity contribution in [2.45, 2.75) is 0 Å². The van der Waals surface area contributed by atoms with Gasteiger partial charge in [-0.3, -0.25) is 18.8 Å². The van der Waals surface area contributed by atoms with E-state index in [1.165, 1.54) is 0 Å². The maximum Gasteiger partial charge on any atom is 0.0943 e. The molecular weight excluding hydrogens is 163 g/mol. The number of aryl methyl sites for hydroxylation is 1. The summed E-state index contributed by atoms with van der Waals surface area (Å²) < 4.78 is 1.89. The Hall–Kier alpha value is -1.01. The molecule has 1 aromatic heterocycles. The van der Waals surface area contributed by atoms with Crippen molar-refractivity contribution in [2.75, 3.05) is 0 Å². The minimum Gasteiger partial charge on any atom is -0.341 e.